The van der Waals surface area contributed by atoms with E-state index in [1.807, 2.05) is 55.5 Å². The van der Waals surface area contributed by atoms with Crippen LogP contribution in [-0.2, 0) is 19.2 Å². The van der Waals surface area contributed by atoms with Gasteiger partial charge in [-0.15, -0.1) is 0 Å². The fraction of sp³-hybridized carbons (Fsp3) is 0.243. The number of hydrogen-bond donors (Lipinski definition) is 1. The topological polar surface area (TPSA) is 95.0 Å². The molecule has 4 aliphatic rings. The molecule has 1 saturated carbocycles. The quantitative estimate of drug-likeness (QED) is 0.194. The Labute approximate surface area is 268 Å². The van der Waals surface area contributed by atoms with Gasteiger partial charge in [-0.1, -0.05) is 82.2 Å². The summed E-state index contributed by atoms with van der Waals surface area (Å²) in [5, 5.41) is 13.3. The summed E-state index contributed by atoms with van der Waals surface area (Å²) < 4.78 is 0.837. The minimum atomic E-state index is -1.22. The lowest BCUT2D eigenvalue weighted by Gasteiger charge is -2.49. The first kappa shape index (κ1) is 28.0. The second-order valence-corrected chi connectivity index (χ2v) is 13.6. The van der Waals surface area contributed by atoms with Crippen molar-refractivity contribution >= 4 is 61.7 Å². The number of benzene rings is 4. The average Bonchev–Trinajstić information content (AvgIpc) is 3.42. The number of allylic oxidation sites excluding steroid dienone is 2. The van der Waals surface area contributed by atoms with Gasteiger partial charge in [0, 0.05) is 21.3 Å². The first-order chi connectivity index (χ1) is 21.7. The molecule has 8 heteroatoms. The number of para-hydroxylation sites is 1. The van der Waals surface area contributed by atoms with E-state index in [0.717, 1.165) is 15.4 Å². The Hall–Kier alpha value is -4.56. The van der Waals surface area contributed by atoms with E-state index in [9.17, 15) is 24.3 Å². The third-order valence-corrected chi connectivity index (χ3v) is 11.1. The molecular weight excluding hydrogens is 632 g/mol. The summed E-state index contributed by atoms with van der Waals surface area (Å²) in [5.41, 5.74) is 1.17. The lowest BCUT2D eigenvalue weighted by Crippen LogP contribution is -2.48. The molecule has 4 amide bonds. The van der Waals surface area contributed by atoms with Gasteiger partial charge in [-0.05, 0) is 67.5 Å². The Bertz CT molecular complexity index is 1970. The molecule has 224 valence electrons. The van der Waals surface area contributed by atoms with Crippen molar-refractivity contribution in [2.24, 2.45) is 29.1 Å². The van der Waals surface area contributed by atoms with Crippen molar-refractivity contribution in [2.75, 3.05) is 9.80 Å². The molecule has 2 saturated heterocycles. The number of hydrogen-bond acceptors (Lipinski definition) is 5. The molecule has 4 aromatic carbocycles. The zero-order valence-corrected chi connectivity index (χ0v) is 26.0. The summed E-state index contributed by atoms with van der Waals surface area (Å²) in [7, 11) is 0. The predicted molar refractivity (Wildman–Crippen MR) is 173 cm³/mol. The highest BCUT2D eigenvalue weighted by Crippen LogP contribution is 2.64. The Morgan fingerprint density at radius 3 is 2.20 bits per heavy atom. The van der Waals surface area contributed by atoms with Gasteiger partial charge in [-0.2, -0.15) is 0 Å². The van der Waals surface area contributed by atoms with Crippen LogP contribution < -0.4 is 9.80 Å². The van der Waals surface area contributed by atoms with Gasteiger partial charge in [0.2, 0.25) is 23.6 Å². The van der Waals surface area contributed by atoms with Crippen LogP contribution in [0.1, 0.15) is 31.2 Å². The molecule has 6 atom stereocenters. The molecule has 0 aromatic heterocycles. The van der Waals surface area contributed by atoms with Crippen molar-refractivity contribution in [2.45, 2.75) is 25.7 Å². The number of carbonyl (C=O) groups is 4. The number of amides is 4. The zero-order valence-electron chi connectivity index (χ0n) is 24.4. The molecule has 0 spiro atoms. The van der Waals surface area contributed by atoms with E-state index in [0.29, 0.717) is 28.7 Å². The number of fused-ring (bicyclic) bond motifs is 5. The Balaban J connectivity index is 1.30. The number of phenols is 1. The highest BCUT2D eigenvalue weighted by Gasteiger charge is 2.68. The Morgan fingerprint density at radius 2 is 1.44 bits per heavy atom. The van der Waals surface area contributed by atoms with Crippen LogP contribution in [0, 0.1) is 29.1 Å². The number of halogens is 1. The summed E-state index contributed by atoms with van der Waals surface area (Å²) >= 11 is 3.42. The van der Waals surface area contributed by atoms with Gasteiger partial charge in [-0.3, -0.25) is 24.1 Å². The van der Waals surface area contributed by atoms with Crippen LogP contribution in [0.5, 0.6) is 5.75 Å². The highest BCUT2D eigenvalue weighted by molar-refractivity contribution is 9.10. The number of nitrogens with zero attached hydrogens (tertiary/aromatic N) is 2. The predicted octanol–water partition coefficient (Wildman–Crippen LogP) is 6.74. The minimum Gasteiger partial charge on any atom is -0.507 e. The van der Waals surface area contributed by atoms with E-state index in [1.54, 1.807) is 48.5 Å². The van der Waals surface area contributed by atoms with Gasteiger partial charge in [0.05, 0.1) is 34.5 Å². The van der Waals surface area contributed by atoms with Crippen LogP contribution in [0.4, 0.5) is 11.4 Å². The van der Waals surface area contributed by atoms with E-state index in [4.69, 9.17) is 0 Å². The van der Waals surface area contributed by atoms with Gasteiger partial charge >= 0.3 is 0 Å². The molecule has 1 N–H and O–H groups in total. The fourth-order valence-electron chi connectivity index (χ4n) is 8.53. The average molecular weight is 662 g/mol. The van der Waals surface area contributed by atoms with Gasteiger partial charge in [0.1, 0.15) is 5.75 Å². The van der Waals surface area contributed by atoms with Crippen LogP contribution >= 0.6 is 15.9 Å². The fourth-order valence-corrected chi connectivity index (χ4v) is 8.80. The molecule has 45 heavy (non-hydrogen) atoms. The molecule has 0 bridgehead atoms. The number of aromatic hydroxyl groups is 1. The molecule has 8 rings (SSSR count). The van der Waals surface area contributed by atoms with E-state index < -0.39 is 35.0 Å². The maximum atomic E-state index is 14.6. The normalized spacial score (nSPS) is 29.1. The number of imide groups is 2. The van der Waals surface area contributed by atoms with Crippen molar-refractivity contribution in [3.8, 4) is 5.75 Å². The molecule has 0 radical (unpaired) electrons. The molecule has 4 aromatic rings. The Kier molecular flexibility index (Phi) is 6.20. The van der Waals surface area contributed by atoms with Gasteiger partial charge < -0.3 is 5.11 Å². The van der Waals surface area contributed by atoms with Crippen molar-refractivity contribution in [3.63, 3.8) is 0 Å². The summed E-state index contributed by atoms with van der Waals surface area (Å²) in [6.07, 6.45) is 2.60. The van der Waals surface area contributed by atoms with Crippen LogP contribution in [0.3, 0.4) is 0 Å². The van der Waals surface area contributed by atoms with Crippen LogP contribution in [0.2, 0.25) is 0 Å². The van der Waals surface area contributed by atoms with E-state index >= 15 is 0 Å². The first-order valence-electron chi connectivity index (χ1n) is 15.2. The minimum absolute atomic E-state index is 0.0606. The lowest BCUT2D eigenvalue weighted by molar-refractivity contribution is -0.131. The molecular formula is C37H29BrN2O5. The van der Waals surface area contributed by atoms with E-state index in [1.165, 1.54) is 9.80 Å². The van der Waals surface area contributed by atoms with Crippen LogP contribution in [-0.4, -0.2) is 28.7 Å². The summed E-state index contributed by atoms with van der Waals surface area (Å²) in [6.45, 7) is 1.83. The molecule has 2 aliphatic heterocycles. The van der Waals surface area contributed by atoms with Crippen LogP contribution in [0.15, 0.2) is 107 Å². The summed E-state index contributed by atoms with van der Waals surface area (Å²) in [6, 6.07) is 27.3. The maximum Gasteiger partial charge on any atom is 0.241 e. The maximum absolute atomic E-state index is 14.6. The standard InChI is InChI=1S/C37H29BrN2O5/c1-37-29(34(43)40(36(37)45)22-8-3-2-4-9-22)19-28-25(31(37)27-16-11-20-7-5-6-10-24(20)32(27)41)17-18-26-30(28)35(44)39(33(26)42)23-14-12-21(38)13-15-23/h2-17,26,28-31,41H,18-19H2,1H3. The molecule has 3 fully saturated rings. The van der Waals surface area contributed by atoms with Crippen LogP contribution in [0.25, 0.3) is 10.8 Å². The summed E-state index contributed by atoms with van der Waals surface area (Å²) in [5.74, 6) is -4.26. The number of rotatable bonds is 3. The molecule has 6 unspecified atom stereocenters. The monoisotopic (exact) mass is 660 g/mol. The largest absolute Gasteiger partial charge is 0.507 e. The third-order valence-electron chi connectivity index (χ3n) is 10.6. The van der Waals surface area contributed by atoms with Crippen molar-refractivity contribution in [1.82, 2.24) is 0 Å². The first-order valence-corrected chi connectivity index (χ1v) is 16.0. The Morgan fingerprint density at radius 1 is 0.756 bits per heavy atom. The van der Waals surface area contributed by atoms with Gasteiger partial charge in [-0.25, -0.2) is 4.90 Å². The van der Waals surface area contributed by atoms with Gasteiger partial charge in [0.25, 0.3) is 0 Å². The molecule has 2 aliphatic carbocycles. The van der Waals surface area contributed by atoms with E-state index in [-0.39, 0.29) is 35.8 Å². The highest BCUT2D eigenvalue weighted by atomic mass is 79.9. The second kappa shape index (κ2) is 9.97. The lowest BCUT2D eigenvalue weighted by atomic mass is 9.51. The molecule has 2 heterocycles. The number of carbonyl (C=O) groups excluding carboxylic acids is 4. The number of anilines is 2. The van der Waals surface area contributed by atoms with E-state index in [2.05, 4.69) is 15.9 Å². The summed E-state index contributed by atoms with van der Waals surface area (Å²) in [4.78, 5) is 59.5. The zero-order chi connectivity index (χ0) is 31.2. The van der Waals surface area contributed by atoms with Crippen molar-refractivity contribution < 1.29 is 24.3 Å². The van der Waals surface area contributed by atoms with Gasteiger partial charge in [0.15, 0.2) is 0 Å². The van der Waals surface area contributed by atoms with Crippen molar-refractivity contribution in [3.05, 3.63) is 113 Å². The number of phenolic OH excluding ortho intramolecular Hbond substituents is 1. The third kappa shape index (κ3) is 3.81. The van der Waals surface area contributed by atoms with Crippen molar-refractivity contribution in [1.29, 1.82) is 0 Å². The second-order valence-electron chi connectivity index (χ2n) is 12.7. The smallest absolute Gasteiger partial charge is 0.241 e. The molecule has 7 nitrogen and oxygen atoms in total. The SMILES string of the molecule is CC12C(=O)N(c3ccccc3)C(=O)C1CC1C(=CCC3C(=O)N(c4ccc(Br)cc4)C(=O)C31)C2c1ccc2ccccc2c1O.